The lowest BCUT2D eigenvalue weighted by Crippen LogP contribution is -2.37. The summed E-state index contributed by atoms with van der Waals surface area (Å²) in [6.45, 7) is 0. The van der Waals surface area contributed by atoms with Crippen LogP contribution in [-0.2, 0) is 10.2 Å². The van der Waals surface area contributed by atoms with E-state index in [4.69, 9.17) is 0 Å². The van der Waals surface area contributed by atoms with E-state index in [0.717, 1.165) is 24.8 Å². The Labute approximate surface area is 109 Å². The Hall–Kier alpha value is -2.04. The molecule has 0 saturated heterocycles. The zero-order valence-electron chi connectivity index (χ0n) is 10.5. The highest BCUT2D eigenvalue weighted by Gasteiger charge is 2.41. The maximum atomic E-state index is 11.7. The Morgan fingerprint density at radius 1 is 1.11 bits per heavy atom. The molecule has 1 heterocycles. The van der Waals surface area contributed by atoms with Gasteiger partial charge in [-0.1, -0.05) is 25.3 Å². The predicted octanol–water partition coefficient (Wildman–Crippen LogP) is 2.14. The van der Waals surface area contributed by atoms with E-state index in [9.17, 15) is 14.7 Å². The van der Waals surface area contributed by atoms with E-state index >= 15 is 0 Å². The lowest BCUT2D eigenvalue weighted by molar-refractivity contribution is -0.145. The van der Waals surface area contributed by atoms with Crippen LogP contribution >= 0.6 is 0 Å². The number of aromatic nitrogens is 2. The van der Waals surface area contributed by atoms with Gasteiger partial charge in [-0.2, -0.15) is 0 Å². The molecule has 5 nitrogen and oxygen atoms in total. The molecule has 1 aliphatic carbocycles. The first-order valence-electron chi connectivity index (χ1n) is 6.58. The molecule has 3 N–H and O–H groups in total. The highest BCUT2D eigenvalue weighted by molar-refractivity contribution is 5.84. The average molecular weight is 260 g/mol. The van der Waals surface area contributed by atoms with Crippen molar-refractivity contribution in [3.63, 3.8) is 0 Å². The summed E-state index contributed by atoms with van der Waals surface area (Å²) in [5, 5.41) is 9.64. The van der Waals surface area contributed by atoms with Crippen LogP contribution in [0, 0.1) is 0 Å². The van der Waals surface area contributed by atoms with Crippen LogP contribution < -0.4 is 5.69 Å². The zero-order chi connectivity index (χ0) is 13.5. The summed E-state index contributed by atoms with van der Waals surface area (Å²) in [5.41, 5.74) is 1.13. The minimum absolute atomic E-state index is 0.264. The molecule has 3 rings (SSSR count). The second-order valence-corrected chi connectivity index (χ2v) is 5.29. The second kappa shape index (κ2) is 4.26. The van der Waals surface area contributed by atoms with Crippen molar-refractivity contribution in [3.8, 4) is 0 Å². The summed E-state index contributed by atoms with van der Waals surface area (Å²) < 4.78 is 0. The van der Waals surface area contributed by atoms with Crippen LogP contribution in [0.4, 0.5) is 0 Å². The number of rotatable bonds is 2. The fourth-order valence-corrected chi connectivity index (χ4v) is 3.11. The molecule has 100 valence electrons. The van der Waals surface area contributed by atoms with Crippen LogP contribution in [-0.4, -0.2) is 21.0 Å². The van der Waals surface area contributed by atoms with Crippen molar-refractivity contribution in [1.29, 1.82) is 0 Å². The van der Waals surface area contributed by atoms with Crippen LogP contribution in [0.5, 0.6) is 0 Å². The van der Waals surface area contributed by atoms with Crippen molar-refractivity contribution in [1.82, 2.24) is 9.97 Å². The molecule has 0 radical (unpaired) electrons. The molecule has 0 amide bonds. The number of fused-ring (bicyclic) bond motifs is 1. The molecule has 19 heavy (non-hydrogen) atoms. The van der Waals surface area contributed by atoms with Gasteiger partial charge in [0, 0.05) is 0 Å². The first-order chi connectivity index (χ1) is 9.12. The largest absolute Gasteiger partial charge is 0.481 e. The highest BCUT2D eigenvalue weighted by atomic mass is 16.4. The minimum atomic E-state index is -0.791. The molecule has 0 unspecified atom stereocenters. The Morgan fingerprint density at radius 2 is 1.79 bits per heavy atom. The van der Waals surface area contributed by atoms with Crippen molar-refractivity contribution in [3.05, 3.63) is 34.2 Å². The number of carboxylic acids is 1. The third kappa shape index (κ3) is 1.85. The molecular weight excluding hydrogens is 244 g/mol. The molecule has 1 aromatic carbocycles. The Balaban J connectivity index is 2.14. The fourth-order valence-electron chi connectivity index (χ4n) is 3.11. The third-order valence-corrected chi connectivity index (χ3v) is 4.19. The number of aliphatic carboxylic acids is 1. The van der Waals surface area contributed by atoms with Crippen molar-refractivity contribution in [2.75, 3.05) is 0 Å². The summed E-state index contributed by atoms with van der Waals surface area (Å²) in [7, 11) is 0. The lowest BCUT2D eigenvalue weighted by Gasteiger charge is -2.33. The number of benzene rings is 1. The van der Waals surface area contributed by atoms with Gasteiger partial charge in [0.15, 0.2) is 0 Å². The molecule has 0 bridgehead atoms. The fraction of sp³-hybridized carbons (Fsp3) is 0.429. The Bertz CT molecular complexity index is 677. The number of H-pyrrole nitrogens is 2. The van der Waals surface area contributed by atoms with Gasteiger partial charge in [0.05, 0.1) is 16.4 Å². The first-order valence-corrected chi connectivity index (χ1v) is 6.58. The van der Waals surface area contributed by atoms with Crippen LogP contribution in [0.3, 0.4) is 0 Å². The van der Waals surface area contributed by atoms with Crippen molar-refractivity contribution in [2.24, 2.45) is 0 Å². The molecule has 1 aliphatic rings. The number of nitrogens with one attached hydrogen (secondary N) is 2. The van der Waals surface area contributed by atoms with E-state index in [1.807, 2.05) is 6.07 Å². The van der Waals surface area contributed by atoms with Gasteiger partial charge in [-0.15, -0.1) is 0 Å². The molecule has 0 spiro atoms. The molecular formula is C14H16N2O3. The second-order valence-electron chi connectivity index (χ2n) is 5.29. The Kier molecular flexibility index (Phi) is 2.69. The van der Waals surface area contributed by atoms with Gasteiger partial charge in [0.1, 0.15) is 0 Å². The Morgan fingerprint density at radius 3 is 2.47 bits per heavy atom. The number of imidazole rings is 1. The molecule has 1 saturated carbocycles. The topological polar surface area (TPSA) is 85.9 Å². The van der Waals surface area contributed by atoms with E-state index in [0.29, 0.717) is 23.9 Å². The average Bonchev–Trinajstić information content (AvgIpc) is 2.78. The van der Waals surface area contributed by atoms with Gasteiger partial charge in [0.25, 0.3) is 0 Å². The van der Waals surface area contributed by atoms with E-state index in [-0.39, 0.29) is 5.69 Å². The van der Waals surface area contributed by atoms with Crippen molar-refractivity contribution in [2.45, 2.75) is 37.5 Å². The maximum Gasteiger partial charge on any atom is 0.323 e. The van der Waals surface area contributed by atoms with Gasteiger partial charge in [0.2, 0.25) is 0 Å². The van der Waals surface area contributed by atoms with Crippen LogP contribution in [0.15, 0.2) is 23.0 Å². The van der Waals surface area contributed by atoms with Gasteiger partial charge >= 0.3 is 11.7 Å². The van der Waals surface area contributed by atoms with Crippen LogP contribution in [0.2, 0.25) is 0 Å². The standard InChI is InChI=1S/C14H16N2O3/c17-12(18)14(6-2-1-3-7-14)9-4-5-10-11(8-9)16-13(19)15-10/h4-5,8H,1-3,6-7H2,(H,17,18)(H2,15,16,19). The van der Waals surface area contributed by atoms with Crippen LogP contribution in [0.25, 0.3) is 11.0 Å². The highest BCUT2D eigenvalue weighted by Crippen LogP contribution is 2.40. The first kappa shape index (κ1) is 12.0. The van der Waals surface area contributed by atoms with E-state index in [1.165, 1.54) is 0 Å². The number of hydrogen-bond donors (Lipinski definition) is 3. The number of carbonyl (C=O) groups is 1. The molecule has 1 aromatic heterocycles. The van der Waals surface area contributed by atoms with Gasteiger partial charge in [-0.3, -0.25) is 4.79 Å². The van der Waals surface area contributed by atoms with E-state index < -0.39 is 11.4 Å². The molecule has 1 fully saturated rings. The maximum absolute atomic E-state index is 11.7. The lowest BCUT2D eigenvalue weighted by atomic mass is 9.69. The summed E-state index contributed by atoms with van der Waals surface area (Å²) >= 11 is 0. The molecule has 0 aliphatic heterocycles. The van der Waals surface area contributed by atoms with E-state index in [2.05, 4.69) is 9.97 Å². The molecule has 0 atom stereocenters. The minimum Gasteiger partial charge on any atom is -0.481 e. The van der Waals surface area contributed by atoms with Gasteiger partial charge in [-0.25, -0.2) is 4.79 Å². The van der Waals surface area contributed by atoms with Crippen molar-refractivity contribution < 1.29 is 9.90 Å². The smallest absolute Gasteiger partial charge is 0.323 e. The SMILES string of the molecule is O=C(O)C1(c2ccc3[nH]c(=O)[nH]c3c2)CCCCC1. The number of hydrogen-bond acceptors (Lipinski definition) is 2. The monoisotopic (exact) mass is 260 g/mol. The summed E-state index contributed by atoms with van der Waals surface area (Å²) in [4.78, 5) is 28.4. The third-order valence-electron chi connectivity index (χ3n) is 4.19. The number of carboxylic acid groups (broad SMARTS) is 1. The molecule has 2 aromatic rings. The quantitative estimate of drug-likeness (QED) is 0.773. The summed E-state index contributed by atoms with van der Waals surface area (Å²) in [6.07, 6.45) is 4.31. The van der Waals surface area contributed by atoms with E-state index in [1.54, 1.807) is 12.1 Å². The van der Waals surface area contributed by atoms with Gasteiger partial charge in [-0.05, 0) is 30.5 Å². The predicted molar refractivity (Wildman–Crippen MR) is 71.3 cm³/mol. The summed E-state index contributed by atoms with van der Waals surface area (Å²) in [5.74, 6) is -0.760. The van der Waals surface area contributed by atoms with Gasteiger partial charge < -0.3 is 15.1 Å². The normalized spacial score (nSPS) is 18.5. The summed E-state index contributed by atoms with van der Waals surface area (Å²) in [6, 6.07) is 5.40. The molecule has 5 heteroatoms. The zero-order valence-corrected chi connectivity index (χ0v) is 10.5. The number of aromatic amines is 2. The van der Waals surface area contributed by atoms with Crippen molar-refractivity contribution >= 4 is 17.0 Å². The van der Waals surface area contributed by atoms with Crippen LogP contribution in [0.1, 0.15) is 37.7 Å².